The monoisotopic (exact) mass is 453 g/mol. The molecule has 0 aromatic heterocycles. The lowest BCUT2D eigenvalue weighted by Crippen LogP contribution is -2.42. The van der Waals surface area contributed by atoms with Crippen molar-refractivity contribution in [3.63, 3.8) is 0 Å². The standard InChI is InChI=1S/C28H36FNO3/c1-27(2,3)22-8-6-19(7-9-22)18-30-12-10-28(29,11-13-30)17-21-14-20-15-24(32-4)25(33-5)16-23(20)26(21)31/h6-9,15-16,21H,10-14,17-18H2,1-5H3. The van der Waals surface area contributed by atoms with Crippen LogP contribution >= 0.6 is 0 Å². The molecule has 0 amide bonds. The Hall–Kier alpha value is -2.40. The number of nitrogens with zero attached hydrogens (tertiary/aromatic N) is 1. The predicted octanol–water partition coefficient (Wildman–Crippen LogP) is 5.75. The van der Waals surface area contributed by atoms with Gasteiger partial charge in [0, 0.05) is 31.1 Å². The summed E-state index contributed by atoms with van der Waals surface area (Å²) in [6, 6.07) is 12.4. The van der Waals surface area contributed by atoms with Gasteiger partial charge in [0.25, 0.3) is 0 Å². The summed E-state index contributed by atoms with van der Waals surface area (Å²) in [6.45, 7) is 8.92. The van der Waals surface area contributed by atoms with Crippen LogP contribution in [0.3, 0.4) is 0 Å². The number of hydrogen-bond acceptors (Lipinski definition) is 4. The smallest absolute Gasteiger partial charge is 0.166 e. The highest BCUT2D eigenvalue weighted by Crippen LogP contribution is 2.42. The summed E-state index contributed by atoms with van der Waals surface area (Å²) in [5.74, 6) is 0.884. The number of alkyl halides is 1. The Balaban J connectivity index is 1.35. The molecule has 4 nitrogen and oxygen atoms in total. The lowest BCUT2D eigenvalue weighted by Gasteiger charge is -2.37. The number of ketones is 1. The molecule has 1 unspecified atom stereocenters. The van der Waals surface area contributed by atoms with E-state index in [1.807, 2.05) is 6.07 Å². The molecule has 2 aromatic carbocycles. The summed E-state index contributed by atoms with van der Waals surface area (Å²) >= 11 is 0. The van der Waals surface area contributed by atoms with Gasteiger partial charge in [0.1, 0.15) is 5.67 Å². The van der Waals surface area contributed by atoms with Crippen LogP contribution in [0.1, 0.15) is 67.1 Å². The number of Topliss-reactive ketones (excluding diaryl/α,β-unsaturated/α-hetero) is 1. The Morgan fingerprint density at radius 1 is 1.03 bits per heavy atom. The average molecular weight is 454 g/mol. The van der Waals surface area contributed by atoms with Crippen molar-refractivity contribution in [2.75, 3.05) is 27.3 Å². The molecule has 1 aliphatic heterocycles. The number of carbonyl (C=O) groups is 1. The molecule has 5 heteroatoms. The van der Waals surface area contributed by atoms with E-state index in [2.05, 4.69) is 49.9 Å². The molecular weight excluding hydrogens is 417 g/mol. The zero-order chi connectivity index (χ0) is 23.8. The van der Waals surface area contributed by atoms with Crippen molar-refractivity contribution in [3.8, 4) is 11.5 Å². The molecule has 0 bridgehead atoms. The fourth-order valence-corrected chi connectivity index (χ4v) is 5.19. The number of piperidine rings is 1. The lowest BCUT2D eigenvalue weighted by atomic mass is 9.82. The molecule has 2 aliphatic rings. The molecule has 0 saturated carbocycles. The van der Waals surface area contributed by atoms with Gasteiger partial charge >= 0.3 is 0 Å². The zero-order valence-electron chi connectivity index (χ0n) is 20.5. The second kappa shape index (κ2) is 9.09. The van der Waals surface area contributed by atoms with E-state index in [0.717, 1.165) is 12.1 Å². The molecule has 178 valence electrons. The third-order valence-corrected chi connectivity index (χ3v) is 7.30. The molecule has 1 aliphatic carbocycles. The first-order chi connectivity index (χ1) is 15.6. The van der Waals surface area contributed by atoms with Gasteiger partial charge in [-0.15, -0.1) is 0 Å². The summed E-state index contributed by atoms with van der Waals surface area (Å²) in [5, 5.41) is 0. The van der Waals surface area contributed by atoms with Crippen molar-refractivity contribution in [3.05, 3.63) is 58.7 Å². The Morgan fingerprint density at radius 3 is 2.21 bits per heavy atom. The van der Waals surface area contributed by atoms with Gasteiger partial charge < -0.3 is 9.47 Å². The zero-order valence-corrected chi connectivity index (χ0v) is 20.5. The topological polar surface area (TPSA) is 38.8 Å². The van der Waals surface area contributed by atoms with E-state index < -0.39 is 5.67 Å². The van der Waals surface area contributed by atoms with Crippen molar-refractivity contribution < 1.29 is 18.7 Å². The van der Waals surface area contributed by atoms with Crippen LogP contribution in [0.2, 0.25) is 0 Å². The molecule has 1 atom stereocenters. The van der Waals surface area contributed by atoms with E-state index >= 15 is 4.39 Å². The van der Waals surface area contributed by atoms with E-state index in [4.69, 9.17) is 9.47 Å². The molecule has 0 N–H and O–H groups in total. The number of fused-ring (bicyclic) bond motifs is 1. The highest BCUT2D eigenvalue weighted by atomic mass is 19.1. The van der Waals surface area contributed by atoms with Crippen molar-refractivity contribution in [1.29, 1.82) is 0 Å². The summed E-state index contributed by atoms with van der Waals surface area (Å²) in [7, 11) is 3.15. The van der Waals surface area contributed by atoms with Gasteiger partial charge in [0.2, 0.25) is 0 Å². The predicted molar refractivity (Wildman–Crippen MR) is 129 cm³/mol. The molecule has 33 heavy (non-hydrogen) atoms. The van der Waals surface area contributed by atoms with Gasteiger partial charge in [-0.25, -0.2) is 4.39 Å². The second-order valence-corrected chi connectivity index (χ2v) is 10.7. The van der Waals surface area contributed by atoms with Gasteiger partial charge in [-0.3, -0.25) is 9.69 Å². The van der Waals surface area contributed by atoms with Crippen LogP contribution in [0.25, 0.3) is 0 Å². The Bertz CT molecular complexity index is 1000. The van der Waals surface area contributed by atoms with Gasteiger partial charge in [-0.1, -0.05) is 45.0 Å². The Labute approximate surface area is 197 Å². The number of carbonyl (C=O) groups excluding carboxylic acids is 1. The molecule has 1 heterocycles. The highest BCUT2D eigenvalue weighted by Gasteiger charge is 2.42. The van der Waals surface area contributed by atoms with Crippen LogP contribution in [-0.2, 0) is 18.4 Å². The van der Waals surface area contributed by atoms with E-state index in [-0.39, 0.29) is 17.1 Å². The van der Waals surface area contributed by atoms with E-state index in [0.29, 0.717) is 55.8 Å². The largest absolute Gasteiger partial charge is 0.493 e. The molecule has 1 fully saturated rings. The SMILES string of the molecule is COc1cc2c(cc1OC)C(=O)C(CC1(F)CCN(Cc3ccc(C(C)(C)C)cc3)CC1)C2. The summed E-state index contributed by atoms with van der Waals surface area (Å²) in [6.07, 6.45) is 1.81. The third-order valence-electron chi connectivity index (χ3n) is 7.30. The lowest BCUT2D eigenvalue weighted by molar-refractivity contribution is 0.0336. The van der Waals surface area contributed by atoms with Crippen molar-refractivity contribution >= 4 is 5.78 Å². The first kappa shape index (κ1) is 23.7. The number of hydrogen-bond donors (Lipinski definition) is 0. The molecular formula is C28H36FNO3. The van der Waals surface area contributed by atoms with Crippen LogP contribution < -0.4 is 9.47 Å². The fourth-order valence-electron chi connectivity index (χ4n) is 5.19. The number of methoxy groups -OCH3 is 2. The minimum atomic E-state index is -1.29. The minimum absolute atomic E-state index is 0.0318. The molecule has 1 saturated heterocycles. The fraction of sp³-hybridized carbons (Fsp3) is 0.536. The van der Waals surface area contributed by atoms with E-state index in [9.17, 15) is 4.79 Å². The van der Waals surface area contributed by atoms with Crippen LogP contribution in [0.4, 0.5) is 4.39 Å². The first-order valence-corrected chi connectivity index (χ1v) is 11.9. The van der Waals surface area contributed by atoms with E-state index in [1.54, 1.807) is 20.3 Å². The van der Waals surface area contributed by atoms with Crippen LogP contribution in [0.15, 0.2) is 36.4 Å². The maximum absolute atomic E-state index is 15.8. The number of likely N-dealkylation sites (tertiary alicyclic amines) is 1. The number of halogens is 1. The normalized spacial score (nSPS) is 20.5. The maximum atomic E-state index is 15.8. The van der Waals surface area contributed by atoms with Crippen LogP contribution in [-0.4, -0.2) is 43.7 Å². The Kier molecular flexibility index (Phi) is 6.54. The number of ether oxygens (including phenoxy) is 2. The minimum Gasteiger partial charge on any atom is -0.493 e. The van der Waals surface area contributed by atoms with Gasteiger partial charge in [0.05, 0.1) is 14.2 Å². The third kappa shape index (κ3) is 5.08. The molecule has 0 spiro atoms. The maximum Gasteiger partial charge on any atom is 0.166 e. The quantitative estimate of drug-likeness (QED) is 0.558. The summed E-state index contributed by atoms with van der Waals surface area (Å²) < 4.78 is 26.5. The van der Waals surface area contributed by atoms with Gasteiger partial charge in [-0.05, 0) is 59.9 Å². The second-order valence-electron chi connectivity index (χ2n) is 10.7. The van der Waals surface area contributed by atoms with Crippen molar-refractivity contribution in [2.24, 2.45) is 5.92 Å². The van der Waals surface area contributed by atoms with E-state index in [1.165, 1.54) is 11.1 Å². The molecule has 2 aromatic rings. The number of benzene rings is 2. The van der Waals surface area contributed by atoms with Crippen LogP contribution in [0, 0.1) is 5.92 Å². The van der Waals surface area contributed by atoms with Crippen LogP contribution in [0.5, 0.6) is 11.5 Å². The summed E-state index contributed by atoms with van der Waals surface area (Å²) in [5.41, 5.74) is 3.03. The van der Waals surface area contributed by atoms with Crippen molar-refractivity contribution in [1.82, 2.24) is 4.90 Å². The Morgan fingerprint density at radius 2 is 1.64 bits per heavy atom. The molecule has 0 radical (unpaired) electrons. The first-order valence-electron chi connectivity index (χ1n) is 11.9. The molecule has 4 rings (SSSR count). The summed E-state index contributed by atoms with van der Waals surface area (Å²) in [4.78, 5) is 15.3. The van der Waals surface area contributed by atoms with Gasteiger partial charge in [0.15, 0.2) is 17.3 Å². The van der Waals surface area contributed by atoms with Crippen molar-refractivity contribution in [2.45, 2.75) is 64.1 Å². The number of rotatable bonds is 6. The highest BCUT2D eigenvalue weighted by molar-refractivity contribution is 6.03. The average Bonchev–Trinajstić information content (AvgIpc) is 3.08. The van der Waals surface area contributed by atoms with Gasteiger partial charge in [-0.2, -0.15) is 0 Å².